The molecule has 6 heteroatoms. The number of aliphatic imine (C=N–C) groups is 1. The van der Waals surface area contributed by atoms with E-state index in [4.69, 9.17) is 4.99 Å². The Balaban J connectivity index is 1.49. The number of benzene rings is 3. The Morgan fingerprint density at radius 1 is 0.909 bits per heavy atom. The zero-order valence-electron chi connectivity index (χ0n) is 18.9. The molecule has 1 saturated heterocycles. The van der Waals surface area contributed by atoms with Crippen molar-refractivity contribution in [1.82, 2.24) is 15.1 Å². The number of carbonyl (C=O) groups excluding carboxylic acids is 1. The molecule has 4 rings (SSSR count). The van der Waals surface area contributed by atoms with Crippen LogP contribution in [0.2, 0.25) is 0 Å². The monoisotopic (exact) mass is 444 g/mol. The van der Waals surface area contributed by atoms with E-state index in [0.717, 1.165) is 43.9 Å². The summed E-state index contributed by atoms with van der Waals surface area (Å²) >= 11 is 0. The van der Waals surface area contributed by atoms with Crippen LogP contribution in [0.15, 0.2) is 83.9 Å². The Morgan fingerprint density at radius 3 is 2.36 bits per heavy atom. The van der Waals surface area contributed by atoms with Crippen molar-refractivity contribution in [3.8, 4) is 0 Å². The molecule has 3 aromatic carbocycles. The smallest absolute Gasteiger partial charge is 0.257 e. The number of nitrogens with one attached hydrogen (secondary N) is 1. The van der Waals surface area contributed by atoms with Crippen molar-refractivity contribution >= 4 is 17.6 Å². The zero-order chi connectivity index (χ0) is 23.0. The molecule has 0 saturated carbocycles. The highest BCUT2D eigenvalue weighted by Crippen LogP contribution is 2.17. The van der Waals surface area contributed by atoms with Crippen molar-refractivity contribution in [3.05, 3.63) is 101 Å². The Morgan fingerprint density at radius 2 is 1.64 bits per heavy atom. The lowest BCUT2D eigenvalue weighted by molar-refractivity contribution is 0.0967. The molecular weight excluding hydrogens is 415 g/mol. The van der Waals surface area contributed by atoms with Gasteiger partial charge in [0.15, 0.2) is 0 Å². The van der Waals surface area contributed by atoms with Crippen LogP contribution in [0.4, 0.5) is 10.1 Å². The first-order valence-corrected chi connectivity index (χ1v) is 11.4. The largest absolute Gasteiger partial charge is 0.340 e. The van der Waals surface area contributed by atoms with Crippen molar-refractivity contribution in [2.24, 2.45) is 4.99 Å². The minimum atomic E-state index is -0.210. The van der Waals surface area contributed by atoms with E-state index in [-0.39, 0.29) is 11.7 Å². The van der Waals surface area contributed by atoms with Crippen LogP contribution in [0.5, 0.6) is 0 Å². The number of guanidine groups is 1. The first-order valence-electron chi connectivity index (χ1n) is 11.4. The minimum Gasteiger partial charge on any atom is -0.340 e. The summed E-state index contributed by atoms with van der Waals surface area (Å²) in [6, 6.07) is 24.0. The number of amides is 1. The van der Waals surface area contributed by atoms with Crippen LogP contribution in [-0.2, 0) is 13.0 Å². The van der Waals surface area contributed by atoms with Gasteiger partial charge in [0.25, 0.3) is 5.91 Å². The first kappa shape index (κ1) is 22.7. The minimum absolute atomic E-state index is 0.178. The molecule has 5 nitrogen and oxygen atoms in total. The van der Waals surface area contributed by atoms with E-state index in [1.54, 1.807) is 24.3 Å². The average molecular weight is 445 g/mol. The summed E-state index contributed by atoms with van der Waals surface area (Å²) in [6.45, 7) is 5.84. The molecule has 0 atom stereocenters. The zero-order valence-corrected chi connectivity index (χ0v) is 18.9. The van der Waals surface area contributed by atoms with Crippen LogP contribution in [0.3, 0.4) is 0 Å². The number of hydrogen-bond donors (Lipinski definition) is 1. The van der Waals surface area contributed by atoms with E-state index < -0.39 is 0 Å². The highest BCUT2D eigenvalue weighted by atomic mass is 19.1. The van der Waals surface area contributed by atoms with Crippen molar-refractivity contribution in [2.75, 3.05) is 26.2 Å². The number of piperazine rings is 1. The van der Waals surface area contributed by atoms with Gasteiger partial charge in [-0.1, -0.05) is 49.4 Å². The van der Waals surface area contributed by atoms with Crippen LogP contribution in [-0.4, -0.2) is 47.8 Å². The van der Waals surface area contributed by atoms with Gasteiger partial charge in [0.1, 0.15) is 5.82 Å². The molecule has 3 aromatic rings. The molecule has 1 amide bonds. The molecule has 0 aliphatic carbocycles. The van der Waals surface area contributed by atoms with Gasteiger partial charge in [0.05, 0.1) is 5.69 Å². The number of carbonyl (C=O) groups is 1. The van der Waals surface area contributed by atoms with Gasteiger partial charge in [-0.25, -0.2) is 9.38 Å². The summed E-state index contributed by atoms with van der Waals surface area (Å²) in [5.74, 6) is 0.171. The summed E-state index contributed by atoms with van der Waals surface area (Å²) in [5, 5.41) is 3.03. The molecule has 1 heterocycles. The topological polar surface area (TPSA) is 47.9 Å². The fourth-order valence-corrected chi connectivity index (χ4v) is 3.92. The quantitative estimate of drug-likeness (QED) is 0.461. The van der Waals surface area contributed by atoms with Crippen LogP contribution < -0.4 is 5.32 Å². The van der Waals surface area contributed by atoms with E-state index in [1.165, 1.54) is 11.6 Å². The summed E-state index contributed by atoms with van der Waals surface area (Å²) in [7, 11) is 0. The summed E-state index contributed by atoms with van der Waals surface area (Å²) in [6.07, 6.45) is 0.924. The number of rotatable bonds is 5. The maximum absolute atomic E-state index is 13.5. The van der Waals surface area contributed by atoms with Gasteiger partial charge < -0.3 is 4.90 Å². The molecule has 33 heavy (non-hydrogen) atoms. The van der Waals surface area contributed by atoms with E-state index in [1.807, 2.05) is 36.4 Å². The van der Waals surface area contributed by atoms with Crippen LogP contribution in [0.25, 0.3) is 0 Å². The van der Waals surface area contributed by atoms with Crippen molar-refractivity contribution in [2.45, 2.75) is 19.9 Å². The third-order valence-electron chi connectivity index (χ3n) is 5.78. The number of hydrogen-bond acceptors (Lipinski definition) is 3. The predicted molar refractivity (Wildman–Crippen MR) is 130 cm³/mol. The number of aryl methyl sites for hydroxylation is 1. The molecule has 1 fully saturated rings. The second-order valence-corrected chi connectivity index (χ2v) is 8.17. The highest BCUT2D eigenvalue weighted by molar-refractivity contribution is 6.06. The first-order chi connectivity index (χ1) is 16.1. The van der Waals surface area contributed by atoms with E-state index in [9.17, 15) is 9.18 Å². The Labute approximate surface area is 194 Å². The van der Waals surface area contributed by atoms with Crippen LogP contribution in [0, 0.1) is 5.82 Å². The average Bonchev–Trinajstić information content (AvgIpc) is 2.85. The van der Waals surface area contributed by atoms with Gasteiger partial charge >= 0.3 is 0 Å². The summed E-state index contributed by atoms with van der Waals surface area (Å²) in [5.41, 5.74) is 3.58. The van der Waals surface area contributed by atoms with E-state index >= 15 is 0 Å². The van der Waals surface area contributed by atoms with Crippen LogP contribution >= 0.6 is 0 Å². The van der Waals surface area contributed by atoms with Gasteiger partial charge in [-0.3, -0.25) is 15.0 Å². The molecule has 1 aliphatic heterocycles. The molecule has 1 aliphatic rings. The van der Waals surface area contributed by atoms with E-state index in [0.29, 0.717) is 18.1 Å². The molecule has 0 spiro atoms. The fourth-order valence-electron chi connectivity index (χ4n) is 3.92. The van der Waals surface area contributed by atoms with Gasteiger partial charge in [0, 0.05) is 38.3 Å². The van der Waals surface area contributed by atoms with Gasteiger partial charge in [-0.05, 0) is 53.9 Å². The van der Waals surface area contributed by atoms with Gasteiger partial charge in [-0.2, -0.15) is 0 Å². The molecule has 170 valence electrons. The van der Waals surface area contributed by atoms with Gasteiger partial charge in [0.2, 0.25) is 5.96 Å². The van der Waals surface area contributed by atoms with Gasteiger partial charge in [-0.15, -0.1) is 0 Å². The highest BCUT2D eigenvalue weighted by Gasteiger charge is 2.22. The third kappa shape index (κ3) is 6.26. The van der Waals surface area contributed by atoms with Crippen molar-refractivity contribution in [1.29, 1.82) is 0 Å². The lowest BCUT2D eigenvalue weighted by Crippen LogP contribution is -2.53. The third-order valence-corrected chi connectivity index (χ3v) is 5.78. The number of halogens is 1. The number of nitrogens with zero attached hydrogens (tertiary/aromatic N) is 3. The molecule has 0 bridgehead atoms. The van der Waals surface area contributed by atoms with Crippen molar-refractivity contribution in [3.63, 3.8) is 0 Å². The second kappa shape index (κ2) is 10.9. The fraction of sp³-hybridized carbons (Fsp3) is 0.259. The Kier molecular flexibility index (Phi) is 7.47. The predicted octanol–water partition coefficient (Wildman–Crippen LogP) is 4.62. The Hall–Kier alpha value is -3.51. The maximum atomic E-state index is 13.5. The molecule has 0 unspecified atom stereocenters. The Bertz CT molecular complexity index is 1110. The normalized spacial score (nSPS) is 14.8. The lowest BCUT2D eigenvalue weighted by Gasteiger charge is -2.36. The molecule has 0 aromatic heterocycles. The second-order valence-electron chi connectivity index (χ2n) is 8.17. The summed E-state index contributed by atoms with van der Waals surface area (Å²) in [4.78, 5) is 22.1. The van der Waals surface area contributed by atoms with E-state index in [2.05, 4.69) is 34.2 Å². The van der Waals surface area contributed by atoms with Crippen molar-refractivity contribution < 1.29 is 9.18 Å². The SMILES string of the molecule is CCc1cccc(N=C(NC(=O)c2ccccc2)N2CCN(Cc3cccc(F)c3)CC2)c1. The summed E-state index contributed by atoms with van der Waals surface area (Å²) < 4.78 is 13.5. The molecule has 1 N–H and O–H groups in total. The lowest BCUT2D eigenvalue weighted by atomic mass is 10.1. The maximum Gasteiger partial charge on any atom is 0.257 e. The molecular formula is C27H29FN4O. The van der Waals surface area contributed by atoms with Crippen LogP contribution in [0.1, 0.15) is 28.4 Å². The standard InChI is InChI=1S/C27H29FN4O/c1-2-21-8-7-13-25(19-21)29-27(30-26(33)23-10-4-3-5-11-23)32-16-14-31(15-17-32)20-22-9-6-12-24(28)18-22/h3-13,18-19H,2,14-17,20H2,1H3,(H,29,30,33). The molecule has 0 radical (unpaired) electrons.